The van der Waals surface area contributed by atoms with Gasteiger partial charge in [0.2, 0.25) is 0 Å². The van der Waals surface area contributed by atoms with Crippen LogP contribution in [-0.4, -0.2) is 33.5 Å². The average Bonchev–Trinajstić information content (AvgIpc) is 2.89. The number of aliphatic carboxylic acids is 1. The number of amides is 1. The second-order valence-corrected chi connectivity index (χ2v) is 10.6. The third-order valence-electron chi connectivity index (χ3n) is 8.43. The summed E-state index contributed by atoms with van der Waals surface area (Å²) in [6.45, 7) is 2.78. The number of fused-ring (bicyclic) bond motifs is 4. The monoisotopic (exact) mass is 493 g/mol. The van der Waals surface area contributed by atoms with E-state index in [4.69, 9.17) is 0 Å². The molecule has 0 unspecified atom stereocenters. The Kier molecular flexibility index (Phi) is 6.40. The zero-order valence-corrected chi connectivity index (χ0v) is 20.5. The Labute approximate surface area is 209 Å². The molecule has 2 aromatic rings. The van der Waals surface area contributed by atoms with E-state index >= 15 is 0 Å². The molecule has 2 bridgehead atoms. The molecule has 8 nitrogen and oxygen atoms in total. The molecule has 6 rings (SSSR count). The van der Waals surface area contributed by atoms with Gasteiger partial charge in [-0.15, -0.1) is 0 Å². The van der Waals surface area contributed by atoms with E-state index in [0.29, 0.717) is 17.7 Å². The minimum atomic E-state index is -0.619. The lowest BCUT2D eigenvalue weighted by atomic mass is 9.53. The Morgan fingerprint density at radius 2 is 1.89 bits per heavy atom. The molecule has 3 fully saturated rings. The minimum absolute atomic E-state index is 0.251. The molecule has 9 heteroatoms. The second-order valence-electron chi connectivity index (χ2n) is 10.6. The van der Waals surface area contributed by atoms with Gasteiger partial charge in [-0.25, -0.2) is 14.4 Å². The van der Waals surface area contributed by atoms with E-state index in [0.717, 1.165) is 68.4 Å². The van der Waals surface area contributed by atoms with Gasteiger partial charge in [0.05, 0.1) is 16.8 Å². The highest BCUT2D eigenvalue weighted by Crippen LogP contribution is 2.58. The number of carboxylic acid groups (broad SMARTS) is 1. The highest BCUT2D eigenvalue weighted by Gasteiger charge is 2.52. The van der Waals surface area contributed by atoms with Crippen LogP contribution in [0.1, 0.15) is 72.3 Å². The Balaban J connectivity index is 1.15. The van der Waals surface area contributed by atoms with Crippen LogP contribution in [0.5, 0.6) is 0 Å². The van der Waals surface area contributed by atoms with Gasteiger partial charge in [0.1, 0.15) is 12.1 Å². The summed E-state index contributed by atoms with van der Waals surface area (Å²) >= 11 is 0. The summed E-state index contributed by atoms with van der Waals surface area (Å²) in [5.41, 5.74) is 3.74. The maximum atomic E-state index is 13.5. The number of carbonyl (C=O) groups excluding carboxylic acids is 1. The standard InChI is InChI=1S/C27H32FN5O3/c1-17-12-18(2-3-20(17)28)14-31-24(34)23-22-21(32-16-33-23)13-19(15-30-22)29-11-10-26-4-7-27(8-5-26,9-6-26)25(35)36/h2-3,12,15-16,29-30H,4-11,13-14H2,1H3,(H,31,34)(H,35,36). The number of benzene rings is 1. The molecule has 1 aromatic carbocycles. The van der Waals surface area contributed by atoms with E-state index in [-0.39, 0.29) is 29.4 Å². The van der Waals surface area contributed by atoms with Crippen molar-refractivity contribution in [2.75, 3.05) is 11.9 Å². The number of carbonyl (C=O) groups is 2. The Morgan fingerprint density at radius 1 is 1.14 bits per heavy atom. The fourth-order valence-electron chi connectivity index (χ4n) is 5.91. The van der Waals surface area contributed by atoms with Crippen molar-refractivity contribution < 1.29 is 19.1 Å². The number of carboxylic acids is 1. The molecule has 4 N–H and O–H groups in total. The zero-order valence-electron chi connectivity index (χ0n) is 20.5. The summed E-state index contributed by atoms with van der Waals surface area (Å²) in [4.78, 5) is 33.1. The first-order valence-electron chi connectivity index (χ1n) is 12.6. The number of nitrogens with zero attached hydrogens (tertiary/aromatic N) is 2. The lowest BCUT2D eigenvalue weighted by Crippen LogP contribution is -2.46. The molecule has 36 heavy (non-hydrogen) atoms. The highest BCUT2D eigenvalue weighted by molar-refractivity contribution is 5.98. The van der Waals surface area contributed by atoms with Gasteiger partial charge < -0.3 is 21.1 Å². The molecular formula is C27H32FN5O3. The second kappa shape index (κ2) is 9.52. The fourth-order valence-corrected chi connectivity index (χ4v) is 5.91. The normalized spacial score (nSPS) is 24.3. The third kappa shape index (κ3) is 4.66. The van der Waals surface area contributed by atoms with Crippen LogP contribution in [0, 0.1) is 23.6 Å². The number of nitrogens with one attached hydrogen (secondary N) is 3. The first-order chi connectivity index (χ1) is 17.3. The maximum absolute atomic E-state index is 13.5. The summed E-state index contributed by atoms with van der Waals surface area (Å²) in [6.07, 6.45) is 10.2. The van der Waals surface area contributed by atoms with Crippen molar-refractivity contribution in [1.29, 1.82) is 0 Å². The topological polar surface area (TPSA) is 116 Å². The van der Waals surface area contributed by atoms with Gasteiger partial charge in [-0.3, -0.25) is 9.59 Å². The molecule has 0 atom stereocenters. The molecule has 190 valence electrons. The summed E-state index contributed by atoms with van der Waals surface area (Å²) in [6, 6.07) is 4.77. The van der Waals surface area contributed by atoms with Gasteiger partial charge in [0.15, 0.2) is 5.69 Å². The molecule has 3 saturated carbocycles. The molecule has 3 aliphatic carbocycles. The number of rotatable bonds is 8. The quantitative estimate of drug-likeness (QED) is 0.438. The van der Waals surface area contributed by atoms with Gasteiger partial charge in [-0.05, 0) is 74.5 Å². The van der Waals surface area contributed by atoms with Crippen molar-refractivity contribution in [3.8, 4) is 0 Å². The number of aromatic nitrogens is 2. The van der Waals surface area contributed by atoms with E-state index < -0.39 is 11.4 Å². The number of hydrogen-bond donors (Lipinski definition) is 4. The number of anilines is 1. The Bertz CT molecular complexity index is 1200. The molecule has 0 saturated heterocycles. The van der Waals surface area contributed by atoms with Crippen molar-refractivity contribution in [2.45, 2.75) is 64.8 Å². The maximum Gasteiger partial charge on any atom is 0.309 e. The molecular weight excluding hydrogens is 461 g/mol. The van der Waals surface area contributed by atoms with E-state index in [2.05, 4.69) is 25.9 Å². The molecule has 1 amide bonds. The molecule has 1 aliphatic heterocycles. The van der Waals surface area contributed by atoms with Crippen molar-refractivity contribution in [3.63, 3.8) is 0 Å². The summed E-state index contributed by atoms with van der Waals surface area (Å²) in [5, 5.41) is 19.2. The lowest BCUT2D eigenvalue weighted by Gasteiger charge is -2.51. The van der Waals surface area contributed by atoms with Crippen LogP contribution >= 0.6 is 0 Å². The van der Waals surface area contributed by atoms with Crippen LogP contribution in [0.15, 0.2) is 36.4 Å². The largest absolute Gasteiger partial charge is 0.481 e. The zero-order chi connectivity index (χ0) is 25.3. The SMILES string of the molecule is Cc1cc(CNC(=O)c2ncnc3c2NC=C(NCCC24CCC(C(=O)O)(CC2)CC4)C3)ccc1F. The van der Waals surface area contributed by atoms with Crippen LogP contribution in [-0.2, 0) is 17.8 Å². The number of allylic oxidation sites excluding steroid dienone is 1. The number of aryl methyl sites for hydroxylation is 1. The molecule has 4 aliphatic rings. The average molecular weight is 494 g/mol. The van der Waals surface area contributed by atoms with Crippen molar-refractivity contribution in [3.05, 3.63) is 64.8 Å². The van der Waals surface area contributed by atoms with E-state index in [1.807, 2.05) is 6.20 Å². The van der Waals surface area contributed by atoms with Crippen molar-refractivity contribution >= 4 is 17.6 Å². The Morgan fingerprint density at radius 3 is 2.58 bits per heavy atom. The predicted octanol–water partition coefficient (Wildman–Crippen LogP) is 4.07. The lowest BCUT2D eigenvalue weighted by molar-refractivity contribution is -0.159. The fraction of sp³-hybridized carbons (Fsp3) is 0.481. The first-order valence-corrected chi connectivity index (χ1v) is 12.6. The number of halogens is 1. The smallest absolute Gasteiger partial charge is 0.309 e. The predicted molar refractivity (Wildman–Crippen MR) is 133 cm³/mol. The van der Waals surface area contributed by atoms with E-state index in [9.17, 15) is 19.1 Å². The van der Waals surface area contributed by atoms with Crippen LogP contribution < -0.4 is 16.0 Å². The molecule has 2 heterocycles. The first kappa shape index (κ1) is 24.2. The van der Waals surface area contributed by atoms with Gasteiger partial charge in [-0.2, -0.15) is 0 Å². The summed E-state index contributed by atoms with van der Waals surface area (Å²) in [5.74, 6) is -1.21. The van der Waals surface area contributed by atoms with Gasteiger partial charge in [0, 0.05) is 31.4 Å². The summed E-state index contributed by atoms with van der Waals surface area (Å²) < 4.78 is 13.5. The van der Waals surface area contributed by atoms with E-state index in [1.54, 1.807) is 19.1 Å². The molecule has 0 radical (unpaired) electrons. The van der Waals surface area contributed by atoms with Crippen LogP contribution in [0.3, 0.4) is 0 Å². The summed E-state index contributed by atoms with van der Waals surface area (Å²) in [7, 11) is 0. The van der Waals surface area contributed by atoms with Crippen LogP contribution in [0.25, 0.3) is 0 Å². The van der Waals surface area contributed by atoms with E-state index in [1.165, 1.54) is 12.4 Å². The van der Waals surface area contributed by atoms with Crippen LogP contribution in [0.2, 0.25) is 0 Å². The number of hydrogen-bond acceptors (Lipinski definition) is 6. The third-order valence-corrected chi connectivity index (χ3v) is 8.43. The van der Waals surface area contributed by atoms with Gasteiger partial charge >= 0.3 is 5.97 Å². The van der Waals surface area contributed by atoms with Crippen LogP contribution in [0.4, 0.5) is 10.1 Å². The molecule has 1 aromatic heterocycles. The van der Waals surface area contributed by atoms with Crippen molar-refractivity contribution in [1.82, 2.24) is 20.6 Å². The van der Waals surface area contributed by atoms with Gasteiger partial charge in [-0.1, -0.05) is 12.1 Å². The van der Waals surface area contributed by atoms with Gasteiger partial charge in [0.25, 0.3) is 5.91 Å². The molecule has 0 spiro atoms. The Hall–Kier alpha value is -3.49. The van der Waals surface area contributed by atoms with Crippen molar-refractivity contribution in [2.24, 2.45) is 10.8 Å². The minimum Gasteiger partial charge on any atom is -0.481 e. The highest BCUT2D eigenvalue weighted by atomic mass is 19.1.